The molecule has 0 unspecified atom stereocenters. The quantitative estimate of drug-likeness (QED) is 0.893. The van der Waals surface area contributed by atoms with Crippen LogP contribution >= 0.6 is 0 Å². The summed E-state index contributed by atoms with van der Waals surface area (Å²) in [5, 5.41) is 0. The van der Waals surface area contributed by atoms with Crippen LogP contribution in [-0.2, 0) is 11.2 Å². The Balaban J connectivity index is 2.46. The van der Waals surface area contributed by atoms with E-state index in [4.69, 9.17) is 10.5 Å². The first-order valence-corrected chi connectivity index (χ1v) is 5.93. The summed E-state index contributed by atoms with van der Waals surface area (Å²) in [5.41, 5.74) is 5.99. The first kappa shape index (κ1) is 14.3. The van der Waals surface area contributed by atoms with Crippen molar-refractivity contribution in [1.82, 2.24) is 9.88 Å². The molecule has 2 N–H and O–H groups in total. The van der Waals surface area contributed by atoms with Gasteiger partial charge in [-0.1, -0.05) is 6.07 Å². The molecule has 0 aromatic carbocycles. The maximum atomic E-state index is 11.7. The van der Waals surface area contributed by atoms with Gasteiger partial charge in [-0.2, -0.15) is 0 Å². The van der Waals surface area contributed by atoms with E-state index in [2.05, 4.69) is 4.98 Å². The zero-order valence-electron chi connectivity index (χ0n) is 11.4. The fourth-order valence-electron chi connectivity index (χ4n) is 1.35. The van der Waals surface area contributed by atoms with Crippen molar-refractivity contribution in [3.63, 3.8) is 0 Å². The summed E-state index contributed by atoms with van der Waals surface area (Å²) in [6, 6.07) is 5.48. The van der Waals surface area contributed by atoms with Crippen molar-refractivity contribution in [1.29, 1.82) is 0 Å². The van der Waals surface area contributed by atoms with Crippen molar-refractivity contribution in [2.24, 2.45) is 0 Å². The minimum Gasteiger partial charge on any atom is -0.444 e. The van der Waals surface area contributed by atoms with Gasteiger partial charge < -0.3 is 15.4 Å². The molecule has 1 amide bonds. The number of nitrogens with two attached hydrogens (primary N) is 1. The van der Waals surface area contributed by atoms with Crippen molar-refractivity contribution in [3.8, 4) is 0 Å². The zero-order chi connectivity index (χ0) is 13.8. The normalized spacial score (nSPS) is 11.1. The highest BCUT2D eigenvalue weighted by Gasteiger charge is 2.19. The lowest BCUT2D eigenvalue weighted by Gasteiger charge is -2.24. The van der Waals surface area contributed by atoms with Crippen molar-refractivity contribution in [2.75, 3.05) is 19.3 Å². The van der Waals surface area contributed by atoms with Crippen LogP contribution in [0.2, 0.25) is 0 Å². The van der Waals surface area contributed by atoms with Crippen LogP contribution in [0.5, 0.6) is 0 Å². The molecule has 100 valence electrons. The number of nitrogens with zero attached hydrogens (tertiary/aromatic N) is 2. The van der Waals surface area contributed by atoms with E-state index in [1.54, 1.807) is 13.1 Å². The predicted molar refractivity (Wildman–Crippen MR) is 71.2 cm³/mol. The summed E-state index contributed by atoms with van der Waals surface area (Å²) >= 11 is 0. The highest BCUT2D eigenvalue weighted by Crippen LogP contribution is 2.09. The third kappa shape index (κ3) is 5.03. The first-order chi connectivity index (χ1) is 8.28. The molecule has 0 saturated heterocycles. The molecule has 0 radical (unpaired) electrons. The maximum Gasteiger partial charge on any atom is 0.410 e. The number of likely N-dealkylation sites (N-methyl/N-ethyl adjacent to an activating group) is 1. The molecule has 0 atom stereocenters. The van der Waals surface area contributed by atoms with E-state index in [0.29, 0.717) is 18.8 Å². The third-order valence-electron chi connectivity index (χ3n) is 2.24. The number of amides is 1. The van der Waals surface area contributed by atoms with Crippen LogP contribution in [0.4, 0.5) is 10.6 Å². The number of rotatable bonds is 3. The largest absolute Gasteiger partial charge is 0.444 e. The summed E-state index contributed by atoms with van der Waals surface area (Å²) in [6.45, 7) is 6.08. The molecule has 0 saturated carbocycles. The van der Waals surface area contributed by atoms with Crippen LogP contribution in [-0.4, -0.2) is 35.2 Å². The average Bonchev–Trinajstić information content (AvgIpc) is 2.23. The van der Waals surface area contributed by atoms with Gasteiger partial charge in [-0.05, 0) is 32.9 Å². The molecule has 18 heavy (non-hydrogen) atoms. The SMILES string of the molecule is CN(CCc1cccc(N)n1)C(=O)OC(C)(C)C. The average molecular weight is 251 g/mol. The van der Waals surface area contributed by atoms with Crippen molar-refractivity contribution < 1.29 is 9.53 Å². The Hall–Kier alpha value is -1.78. The van der Waals surface area contributed by atoms with Gasteiger partial charge in [0.2, 0.25) is 0 Å². The summed E-state index contributed by atoms with van der Waals surface area (Å²) in [6.07, 6.45) is 0.326. The molecule has 0 spiro atoms. The second-order valence-corrected chi connectivity index (χ2v) is 5.21. The van der Waals surface area contributed by atoms with E-state index in [1.165, 1.54) is 4.90 Å². The fourth-order valence-corrected chi connectivity index (χ4v) is 1.35. The molecule has 0 aliphatic rings. The number of nitrogen functional groups attached to an aromatic ring is 1. The number of hydrogen-bond acceptors (Lipinski definition) is 4. The number of pyridine rings is 1. The lowest BCUT2D eigenvalue weighted by molar-refractivity contribution is 0.0300. The minimum atomic E-state index is -0.471. The molecule has 0 bridgehead atoms. The molecule has 5 heteroatoms. The van der Waals surface area contributed by atoms with Gasteiger partial charge >= 0.3 is 6.09 Å². The van der Waals surface area contributed by atoms with E-state index in [9.17, 15) is 4.79 Å². The molecule has 1 aromatic rings. The molecular formula is C13H21N3O2. The van der Waals surface area contributed by atoms with Crippen molar-refractivity contribution >= 4 is 11.9 Å². The van der Waals surface area contributed by atoms with Crippen molar-refractivity contribution in [2.45, 2.75) is 32.8 Å². The molecule has 1 heterocycles. The lowest BCUT2D eigenvalue weighted by Crippen LogP contribution is -2.35. The number of carbonyl (C=O) groups is 1. The molecule has 5 nitrogen and oxygen atoms in total. The fraction of sp³-hybridized carbons (Fsp3) is 0.538. The summed E-state index contributed by atoms with van der Waals surface area (Å²) in [5.74, 6) is 0.493. The molecule has 1 rings (SSSR count). The molecular weight excluding hydrogens is 230 g/mol. The van der Waals surface area contributed by atoms with Gasteiger partial charge in [0.1, 0.15) is 11.4 Å². The Morgan fingerprint density at radius 3 is 2.67 bits per heavy atom. The summed E-state index contributed by atoms with van der Waals surface area (Å²) in [7, 11) is 1.71. The van der Waals surface area contributed by atoms with E-state index in [0.717, 1.165) is 5.69 Å². The zero-order valence-corrected chi connectivity index (χ0v) is 11.4. The molecule has 0 aliphatic carbocycles. The summed E-state index contributed by atoms with van der Waals surface area (Å²) in [4.78, 5) is 17.4. The van der Waals surface area contributed by atoms with Crippen LogP contribution in [0.15, 0.2) is 18.2 Å². The van der Waals surface area contributed by atoms with E-state index in [1.807, 2.05) is 32.9 Å². The Labute approximate surface area is 108 Å². The number of aromatic nitrogens is 1. The molecule has 1 aromatic heterocycles. The Bertz CT molecular complexity index is 413. The van der Waals surface area contributed by atoms with Crippen LogP contribution in [0.25, 0.3) is 0 Å². The highest BCUT2D eigenvalue weighted by molar-refractivity contribution is 5.67. The maximum absolute atomic E-state index is 11.7. The van der Waals surface area contributed by atoms with E-state index in [-0.39, 0.29) is 6.09 Å². The Kier molecular flexibility index (Phi) is 4.53. The Morgan fingerprint density at radius 1 is 1.44 bits per heavy atom. The van der Waals surface area contributed by atoms with Gasteiger partial charge in [0.05, 0.1) is 0 Å². The number of ether oxygens (including phenoxy) is 1. The Morgan fingerprint density at radius 2 is 2.11 bits per heavy atom. The van der Waals surface area contributed by atoms with Gasteiger partial charge in [0, 0.05) is 25.7 Å². The monoisotopic (exact) mass is 251 g/mol. The van der Waals surface area contributed by atoms with Crippen LogP contribution < -0.4 is 5.73 Å². The van der Waals surface area contributed by atoms with E-state index < -0.39 is 5.60 Å². The van der Waals surface area contributed by atoms with Gasteiger partial charge in [0.15, 0.2) is 0 Å². The first-order valence-electron chi connectivity index (χ1n) is 5.93. The van der Waals surface area contributed by atoms with Crippen LogP contribution in [0.1, 0.15) is 26.5 Å². The van der Waals surface area contributed by atoms with Crippen molar-refractivity contribution in [3.05, 3.63) is 23.9 Å². The summed E-state index contributed by atoms with van der Waals surface area (Å²) < 4.78 is 5.25. The topological polar surface area (TPSA) is 68.5 Å². The minimum absolute atomic E-state index is 0.327. The molecule has 0 aliphatic heterocycles. The third-order valence-corrected chi connectivity index (χ3v) is 2.24. The number of hydrogen-bond donors (Lipinski definition) is 1. The lowest BCUT2D eigenvalue weighted by atomic mass is 10.2. The standard InChI is InChI=1S/C13H21N3O2/c1-13(2,3)18-12(17)16(4)9-8-10-6-5-7-11(14)15-10/h5-7H,8-9H2,1-4H3,(H2,14,15). The number of carbonyl (C=O) groups excluding carboxylic acids is 1. The second kappa shape index (κ2) is 5.71. The van der Waals surface area contributed by atoms with Gasteiger partial charge in [0.25, 0.3) is 0 Å². The highest BCUT2D eigenvalue weighted by atomic mass is 16.6. The molecule has 0 fully saturated rings. The second-order valence-electron chi connectivity index (χ2n) is 5.21. The smallest absolute Gasteiger partial charge is 0.410 e. The van der Waals surface area contributed by atoms with Crippen LogP contribution in [0, 0.1) is 0 Å². The number of anilines is 1. The van der Waals surface area contributed by atoms with Gasteiger partial charge in [-0.25, -0.2) is 9.78 Å². The van der Waals surface area contributed by atoms with Gasteiger partial charge in [-0.3, -0.25) is 0 Å². The predicted octanol–water partition coefficient (Wildman–Crippen LogP) is 2.07. The van der Waals surface area contributed by atoms with E-state index >= 15 is 0 Å². The van der Waals surface area contributed by atoms with Gasteiger partial charge in [-0.15, -0.1) is 0 Å². The van der Waals surface area contributed by atoms with Crippen LogP contribution in [0.3, 0.4) is 0 Å².